The first-order valence-corrected chi connectivity index (χ1v) is 5.70. The van der Waals surface area contributed by atoms with E-state index in [1.165, 1.54) is 6.20 Å². The van der Waals surface area contributed by atoms with E-state index >= 15 is 0 Å². The highest BCUT2D eigenvalue weighted by molar-refractivity contribution is 6.61. The van der Waals surface area contributed by atoms with Gasteiger partial charge in [-0.1, -0.05) is 11.6 Å². The molecule has 4 nitrogen and oxygen atoms in total. The van der Waals surface area contributed by atoms with Gasteiger partial charge in [-0.2, -0.15) is 0 Å². The van der Waals surface area contributed by atoms with Crippen LogP contribution >= 0.6 is 11.6 Å². The van der Waals surface area contributed by atoms with E-state index in [4.69, 9.17) is 25.0 Å². The molecule has 6 heteroatoms. The van der Waals surface area contributed by atoms with Gasteiger partial charge in [-0.15, -0.1) is 0 Å². The van der Waals surface area contributed by atoms with Crippen LogP contribution in [0.25, 0.3) is 0 Å². The van der Waals surface area contributed by atoms with Crippen LogP contribution in [0.5, 0.6) is 0 Å². The molecule has 1 aromatic heterocycles. The monoisotopic (exact) mass is 257 g/mol. The molecule has 0 amide bonds. The van der Waals surface area contributed by atoms with Crippen molar-refractivity contribution in [3.63, 3.8) is 0 Å². The van der Waals surface area contributed by atoms with Crippen molar-refractivity contribution in [3.05, 3.63) is 17.0 Å². The van der Waals surface area contributed by atoms with Crippen molar-refractivity contribution < 1.29 is 13.4 Å². The van der Waals surface area contributed by atoms with E-state index in [-0.39, 0.29) is 10.8 Å². The molecule has 92 valence electrons. The topological polar surface area (TPSA) is 44.2 Å². The molecule has 0 radical (unpaired) electrons. The Morgan fingerprint density at radius 3 is 2.35 bits per heavy atom. The minimum Gasteiger partial charge on any atom is -0.398 e. The lowest BCUT2D eigenvalue weighted by Gasteiger charge is -2.32. The van der Waals surface area contributed by atoms with Crippen molar-refractivity contribution in [2.75, 3.05) is 0 Å². The largest absolute Gasteiger partial charge is 0.516 e. The molecule has 1 aliphatic heterocycles. The minimum absolute atomic E-state index is 0.155. The third kappa shape index (κ3) is 2.19. The van der Waals surface area contributed by atoms with Gasteiger partial charge in [0, 0.05) is 10.3 Å². The Balaban J connectivity index is 2.31. The van der Waals surface area contributed by atoms with Crippen molar-refractivity contribution in [2.45, 2.75) is 45.7 Å². The second kappa shape index (κ2) is 3.94. The molecule has 0 aliphatic carbocycles. The fourth-order valence-electron chi connectivity index (χ4n) is 1.46. The highest BCUT2D eigenvalue weighted by atomic mass is 35.5. The van der Waals surface area contributed by atoms with Gasteiger partial charge in [-0.25, -0.2) is 4.98 Å². The Kier molecular flexibility index (Phi) is 2.15. The third-order valence-electron chi connectivity index (χ3n) is 3.24. The molecule has 0 aromatic carbocycles. The summed E-state index contributed by atoms with van der Waals surface area (Å²) in [6.07, 6.45) is 1.33. The summed E-state index contributed by atoms with van der Waals surface area (Å²) in [5.41, 5.74) is -0.871. The summed E-state index contributed by atoms with van der Waals surface area (Å²) in [6.45, 7) is 5.27. The first-order chi connectivity index (χ1) is 8.94. The van der Waals surface area contributed by atoms with Crippen LogP contribution in [-0.4, -0.2) is 28.3 Å². The van der Waals surface area contributed by atoms with Crippen LogP contribution in [0.4, 0.5) is 0 Å². The van der Waals surface area contributed by atoms with Gasteiger partial charge in [0.25, 0.3) is 0 Å². The van der Waals surface area contributed by atoms with Crippen molar-refractivity contribution >= 4 is 24.3 Å². The third-order valence-corrected chi connectivity index (χ3v) is 3.51. The van der Waals surface area contributed by atoms with Crippen molar-refractivity contribution in [1.82, 2.24) is 9.97 Å². The van der Waals surface area contributed by atoms with Crippen molar-refractivity contribution in [3.8, 4) is 0 Å². The van der Waals surface area contributed by atoms with Crippen LogP contribution in [0, 0.1) is 6.85 Å². The average molecular weight is 258 g/mol. The van der Waals surface area contributed by atoms with Gasteiger partial charge in [-0.3, -0.25) is 4.98 Å². The highest BCUT2D eigenvalue weighted by Crippen LogP contribution is 2.36. The highest BCUT2D eigenvalue weighted by Gasteiger charge is 2.52. The molecular formula is C11H16BClN2O2. The number of hydrogen-bond acceptors (Lipinski definition) is 4. The Hall–Kier alpha value is -0.645. The van der Waals surface area contributed by atoms with E-state index in [1.807, 2.05) is 27.7 Å². The van der Waals surface area contributed by atoms with Crippen LogP contribution < -0.4 is 5.59 Å². The molecular weight excluding hydrogens is 238 g/mol. The summed E-state index contributed by atoms with van der Waals surface area (Å²) in [5, 5.41) is -0.155. The van der Waals surface area contributed by atoms with E-state index < -0.39 is 25.2 Å². The molecule has 1 aliphatic rings. The molecule has 0 spiro atoms. The van der Waals surface area contributed by atoms with Crippen LogP contribution in [-0.2, 0) is 9.31 Å². The molecule has 0 bridgehead atoms. The number of nitrogens with zero attached hydrogens (tertiary/aromatic N) is 2. The summed E-state index contributed by atoms with van der Waals surface area (Å²) in [7, 11) is -0.712. The predicted molar refractivity (Wildman–Crippen MR) is 67.5 cm³/mol. The van der Waals surface area contributed by atoms with E-state index in [9.17, 15) is 0 Å². The van der Waals surface area contributed by atoms with E-state index in [0.717, 1.165) is 0 Å². The lowest BCUT2D eigenvalue weighted by Crippen LogP contribution is -2.41. The normalized spacial score (nSPS) is 25.2. The first-order valence-electron chi connectivity index (χ1n) is 6.83. The van der Waals surface area contributed by atoms with Crippen LogP contribution in [0.2, 0.25) is 5.15 Å². The molecule has 17 heavy (non-hydrogen) atoms. The summed E-state index contributed by atoms with van der Waals surface area (Å²) in [5.74, 6) is 0. The van der Waals surface area contributed by atoms with Crippen molar-refractivity contribution in [1.29, 1.82) is 0 Å². The zero-order valence-corrected chi connectivity index (χ0v) is 11.0. The molecule has 2 heterocycles. The van der Waals surface area contributed by atoms with Gasteiger partial charge in [-0.05, 0) is 34.5 Å². The Bertz CT molecular complexity index is 521. The fourth-order valence-corrected chi connectivity index (χ4v) is 1.60. The van der Waals surface area contributed by atoms with Crippen molar-refractivity contribution in [2.24, 2.45) is 0 Å². The van der Waals surface area contributed by atoms with Crippen LogP contribution in [0.3, 0.4) is 0 Å². The number of aryl methyl sites for hydroxylation is 1. The maximum atomic E-state index is 7.30. The number of rotatable bonds is 1. The maximum Gasteiger partial charge on any atom is 0.516 e. The number of aromatic nitrogens is 2. The Morgan fingerprint density at radius 1 is 1.29 bits per heavy atom. The van der Waals surface area contributed by atoms with Gasteiger partial charge >= 0.3 is 7.12 Å². The molecule has 2 rings (SSSR count). The smallest absolute Gasteiger partial charge is 0.398 e. The quantitative estimate of drug-likeness (QED) is 0.719. The zero-order valence-electron chi connectivity index (χ0n) is 13.2. The van der Waals surface area contributed by atoms with E-state index in [0.29, 0.717) is 5.59 Å². The summed E-state index contributed by atoms with van der Waals surface area (Å²) < 4.78 is 33.5. The molecule has 0 N–H and O–H groups in total. The second-order valence-corrected chi connectivity index (χ2v) is 5.38. The number of hydrogen-bond donors (Lipinski definition) is 0. The first kappa shape index (κ1) is 9.31. The van der Waals surface area contributed by atoms with E-state index in [1.54, 1.807) is 0 Å². The zero-order chi connectivity index (χ0) is 15.3. The SMILES string of the molecule is [2H]C([2H])([2H])c1ncc(B2OC(C)(C)C(C)(C)O2)nc1Cl. The molecule has 0 unspecified atom stereocenters. The van der Waals surface area contributed by atoms with E-state index in [2.05, 4.69) is 9.97 Å². The molecule has 1 saturated heterocycles. The molecule has 0 saturated carbocycles. The number of halogens is 1. The van der Waals surface area contributed by atoms with Crippen LogP contribution in [0.15, 0.2) is 6.20 Å². The lowest BCUT2D eigenvalue weighted by atomic mass is 9.85. The summed E-state index contributed by atoms with van der Waals surface area (Å²) >= 11 is 5.89. The molecule has 1 aromatic rings. The summed E-state index contributed by atoms with van der Waals surface area (Å²) in [4.78, 5) is 7.92. The fraction of sp³-hybridized carbons (Fsp3) is 0.636. The van der Waals surface area contributed by atoms with Gasteiger partial charge < -0.3 is 9.31 Å². The van der Waals surface area contributed by atoms with Gasteiger partial charge in [0.05, 0.1) is 22.5 Å². The average Bonchev–Trinajstić information content (AvgIpc) is 2.46. The van der Waals surface area contributed by atoms with Gasteiger partial charge in [0.1, 0.15) is 5.15 Å². The predicted octanol–water partition coefficient (Wildman–Crippen LogP) is 1.74. The summed E-state index contributed by atoms with van der Waals surface area (Å²) in [6, 6.07) is 0. The van der Waals surface area contributed by atoms with Gasteiger partial charge in [0.15, 0.2) is 0 Å². The lowest BCUT2D eigenvalue weighted by molar-refractivity contribution is 0.00578. The molecule has 0 atom stereocenters. The maximum absolute atomic E-state index is 7.30. The van der Waals surface area contributed by atoms with Crippen LogP contribution in [0.1, 0.15) is 37.5 Å². The Morgan fingerprint density at radius 2 is 1.88 bits per heavy atom. The standard InChI is InChI=1S/C11H16BClN2O2/c1-7-9(13)15-8(6-14-7)12-16-10(2,3)11(4,5)17-12/h6H,1-5H3/i1D3. The Labute approximate surface area is 111 Å². The van der Waals surface area contributed by atoms with Gasteiger partial charge in [0.2, 0.25) is 0 Å². The second-order valence-electron chi connectivity index (χ2n) is 5.02. The minimum atomic E-state index is -2.39. The molecule has 1 fully saturated rings.